The van der Waals surface area contributed by atoms with Gasteiger partial charge >= 0.3 is 0 Å². The highest BCUT2D eigenvalue weighted by atomic mass is 16.5. The van der Waals surface area contributed by atoms with Crippen LogP contribution in [0.5, 0.6) is 0 Å². The summed E-state index contributed by atoms with van der Waals surface area (Å²) in [6.45, 7) is 2.12. The maximum absolute atomic E-state index is 6.30. The zero-order chi connectivity index (χ0) is 13.6. The Hall–Kier alpha value is -1.24. The Bertz CT molecular complexity index is 476. The third kappa shape index (κ3) is 2.28. The second-order valence-electron chi connectivity index (χ2n) is 7.43. The van der Waals surface area contributed by atoms with E-state index in [9.17, 15) is 0 Å². The van der Waals surface area contributed by atoms with E-state index in [0.29, 0.717) is 0 Å². The first-order valence-corrected chi connectivity index (χ1v) is 8.12. The lowest BCUT2D eigenvalue weighted by atomic mass is 9.54. The summed E-state index contributed by atoms with van der Waals surface area (Å²) < 4.78 is 6.30. The van der Waals surface area contributed by atoms with Crippen molar-refractivity contribution >= 4 is 6.08 Å². The van der Waals surface area contributed by atoms with Gasteiger partial charge in [-0.3, -0.25) is 0 Å². The van der Waals surface area contributed by atoms with Crippen LogP contribution < -0.4 is 0 Å². The van der Waals surface area contributed by atoms with Gasteiger partial charge < -0.3 is 4.74 Å². The SMILES string of the molecule is Cc1ccc(C=COC23CC4CC(CC(C4)C2)C3)cc1. The summed E-state index contributed by atoms with van der Waals surface area (Å²) in [6.07, 6.45) is 12.4. The predicted molar refractivity (Wildman–Crippen MR) is 82.2 cm³/mol. The Morgan fingerprint density at radius 1 is 0.950 bits per heavy atom. The van der Waals surface area contributed by atoms with Crippen molar-refractivity contribution in [2.75, 3.05) is 0 Å². The summed E-state index contributed by atoms with van der Waals surface area (Å²) in [7, 11) is 0. The number of aryl methyl sites for hydroxylation is 1. The molecule has 0 amide bonds. The molecule has 5 rings (SSSR count). The van der Waals surface area contributed by atoms with Crippen molar-refractivity contribution in [2.24, 2.45) is 17.8 Å². The Morgan fingerprint density at radius 3 is 2.05 bits per heavy atom. The second-order valence-corrected chi connectivity index (χ2v) is 7.43. The molecule has 0 radical (unpaired) electrons. The highest BCUT2D eigenvalue weighted by Crippen LogP contribution is 2.57. The van der Waals surface area contributed by atoms with E-state index in [4.69, 9.17) is 4.74 Å². The lowest BCUT2D eigenvalue weighted by Gasteiger charge is -2.55. The largest absolute Gasteiger partial charge is 0.495 e. The molecule has 0 heterocycles. The molecule has 4 aliphatic rings. The fourth-order valence-electron chi connectivity index (χ4n) is 5.11. The molecule has 4 fully saturated rings. The lowest BCUT2D eigenvalue weighted by Crippen LogP contribution is -2.51. The molecule has 1 nitrogen and oxygen atoms in total. The molecule has 1 aromatic carbocycles. The van der Waals surface area contributed by atoms with Gasteiger partial charge in [0.25, 0.3) is 0 Å². The monoisotopic (exact) mass is 268 g/mol. The molecule has 20 heavy (non-hydrogen) atoms. The fourth-order valence-corrected chi connectivity index (χ4v) is 5.11. The Kier molecular flexibility index (Phi) is 2.90. The van der Waals surface area contributed by atoms with Gasteiger partial charge in [0.15, 0.2) is 0 Å². The lowest BCUT2D eigenvalue weighted by molar-refractivity contribution is -0.129. The van der Waals surface area contributed by atoms with Crippen molar-refractivity contribution in [3.8, 4) is 0 Å². The maximum atomic E-state index is 6.30. The van der Waals surface area contributed by atoms with Gasteiger partial charge in [-0.2, -0.15) is 0 Å². The average Bonchev–Trinajstić information content (AvgIpc) is 2.39. The smallest absolute Gasteiger partial charge is 0.109 e. The number of hydrogen-bond acceptors (Lipinski definition) is 1. The minimum Gasteiger partial charge on any atom is -0.495 e. The van der Waals surface area contributed by atoms with Crippen molar-refractivity contribution in [3.05, 3.63) is 41.7 Å². The van der Waals surface area contributed by atoms with Crippen LogP contribution >= 0.6 is 0 Å². The van der Waals surface area contributed by atoms with Gasteiger partial charge in [0, 0.05) is 0 Å². The van der Waals surface area contributed by atoms with Gasteiger partial charge in [-0.25, -0.2) is 0 Å². The molecule has 4 bridgehead atoms. The Morgan fingerprint density at radius 2 is 1.50 bits per heavy atom. The Labute approximate surface area is 122 Å². The molecule has 106 valence electrons. The molecule has 0 aliphatic heterocycles. The van der Waals surface area contributed by atoms with E-state index >= 15 is 0 Å². The summed E-state index contributed by atoms with van der Waals surface area (Å²) in [6, 6.07) is 8.64. The topological polar surface area (TPSA) is 9.23 Å². The number of hydrogen-bond donors (Lipinski definition) is 0. The van der Waals surface area contributed by atoms with Gasteiger partial charge in [-0.05, 0) is 74.8 Å². The van der Waals surface area contributed by atoms with Crippen LogP contribution in [0.1, 0.15) is 49.7 Å². The highest BCUT2D eigenvalue weighted by molar-refractivity contribution is 5.48. The van der Waals surface area contributed by atoms with E-state index in [2.05, 4.69) is 37.3 Å². The molecule has 0 saturated heterocycles. The fraction of sp³-hybridized carbons (Fsp3) is 0.579. The standard InChI is InChI=1S/C19H24O/c1-14-2-4-15(5-3-14)6-7-20-19-11-16-8-17(12-19)10-18(9-16)13-19/h2-7,16-18H,8-13H2,1H3. The van der Waals surface area contributed by atoms with E-state index in [-0.39, 0.29) is 5.60 Å². The number of benzene rings is 1. The van der Waals surface area contributed by atoms with Crippen LogP contribution in [-0.2, 0) is 4.74 Å². The van der Waals surface area contributed by atoms with Gasteiger partial charge in [0.05, 0.1) is 6.26 Å². The van der Waals surface area contributed by atoms with Crippen molar-refractivity contribution in [2.45, 2.75) is 51.0 Å². The van der Waals surface area contributed by atoms with Crippen LogP contribution in [0.4, 0.5) is 0 Å². The van der Waals surface area contributed by atoms with Gasteiger partial charge in [-0.1, -0.05) is 29.8 Å². The predicted octanol–water partition coefficient (Wildman–Crippen LogP) is 4.95. The zero-order valence-electron chi connectivity index (χ0n) is 12.3. The average molecular weight is 268 g/mol. The summed E-state index contributed by atoms with van der Waals surface area (Å²) in [4.78, 5) is 0. The van der Waals surface area contributed by atoms with E-state index in [1.165, 1.54) is 49.7 Å². The van der Waals surface area contributed by atoms with Crippen LogP contribution in [0.3, 0.4) is 0 Å². The highest BCUT2D eigenvalue weighted by Gasteiger charge is 2.52. The first kappa shape index (κ1) is 12.5. The first-order valence-electron chi connectivity index (χ1n) is 8.12. The first-order chi connectivity index (χ1) is 9.71. The summed E-state index contributed by atoms with van der Waals surface area (Å²) >= 11 is 0. The van der Waals surface area contributed by atoms with Crippen LogP contribution in [0.15, 0.2) is 30.5 Å². The van der Waals surface area contributed by atoms with Crippen molar-refractivity contribution in [1.29, 1.82) is 0 Å². The third-order valence-electron chi connectivity index (χ3n) is 5.64. The normalized spacial score (nSPS) is 38.5. The van der Waals surface area contributed by atoms with Crippen LogP contribution in [-0.4, -0.2) is 5.60 Å². The second kappa shape index (κ2) is 4.65. The molecular weight excluding hydrogens is 244 g/mol. The van der Waals surface area contributed by atoms with Gasteiger partial charge in [-0.15, -0.1) is 0 Å². The summed E-state index contributed by atoms with van der Waals surface area (Å²) in [5.74, 6) is 2.86. The van der Waals surface area contributed by atoms with E-state index in [1.807, 2.05) is 6.26 Å². The van der Waals surface area contributed by atoms with E-state index in [1.54, 1.807) is 0 Å². The molecule has 1 heteroatoms. The molecular formula is C19H24O. The van der Waals surface area contributed by atoms with Crippen LogP contribution in [0, 0.1) is 24.7 Å². The number of ether oxygens (including phenoxy) is 1. The Balaban J connectivity index is 1.45. The molecule has 0 N–H and O–H groups in total. The van der Waals surface area contributed by atoms with Crippen molar-refractivity contribution < 1.29 is 4.74 Å². The maximum Gasteiger partial charge on any atom is 0.109 e. The minimum absolute atomic E-state index is 0.190. The van der Waals surface area contributed by atoms with Gasteiger partial charge in [0.2, 0.25) is 0 Å². The molecule has 4 aliphatic carbocycles. The van der Waals surface area contributed by atoms with Crippen molar-refractivity contribution in [1.82, 2.24) is 0 Å². The van der Waals surface area contributed by atoms with Crippen LogP contribution in [0.25, 0.3) is 6.08 Å². The third-order valence-corrected chi connectivity index (χ3v) is 5.64. The number of rotatable bonds is 3. The molecule has 4 saturated carbocycles. The van der Waals surface area contributed by atoms with Crippen molar-refractivity contribution in [3.63, 3.8) is 0 Å². The van der Waals surface area contributed by atoms with Gasteiger partial charge in [0.1, 0.15) is 5.60 Å². The molecule has 0 aromatic heterocycles. The summed E-state index contributed by atoms with van der Waals surface area (Å²) in [5.41, 5.74) is 2.74. The molecule has 0 unspecified atom stereocenters. The zero-order valence-corrected chi connectivity index (χ0v) is 12.3. The molecule has 0 atom stereocenters. The van der Waals surface area contributed by atoms with E-state index in [0.717, 1.165) is 17.8 Å². The minimum atomic E-state index is 0.190. The van der Waals surface area contributed by atoms with E-state index < -0.39 is 0 Å². The molecule has 0 spiro atoms. The van der Waals surface area contributed by atoms with Crippen LogP contribution in [0.2, 0.25) is 0 Å². The molecule has 1 aromatic rings. The summed E-state index contributed by atoms with van der Waals surface area (Å²) in [5, 5.41) is 0. The quantitative estimate of drug-likeness (QED) is 0.705.